The minimum absolute atomic E-state index is 0.594. The second-order valence-corrected chi connectivity index (χ2v) is 18.4. The third-order valence-electron chi connectivity index (χ3n) is 11.2. The zero-order valence-corrected chi connectivity index (χ0v) is 30.0. The molecule has 2 unspecified atom stereocenters. The van der Waals surface area contributed by atoms with E-state index in [-0.39, 0.29) is 0 Å². The Morgan fingerprint density at radius 3 is 1.24 bits per heavy atom. The van der Waals surface area contributed by atoms with Gasteiger partial charge in [0.1, 0.15) is 8.07 Å². The summed E-state index contributed by atoms with van der Waals surface area (Å²) in [6.07, 6.45) is 6.77. The van der Waals surface area contributed by atoms with Crippen LogP contribution in [0.5, 0.6) is 0 Å². The first kappa shape index (κ1) is 31.6. The maximum atomic E-state index is 2.67. The normalized spacial score (nSPS) is 15.8. The van der Waals surface area contributed by atoms with Gasteiger partial charge in [-0.05, 0) is 116 Å². The van der Waals surface area contributed by atoms with Crippen molar-refractivity contribution < 1.29 is 0 Å². The number of fused-ring (bicyclic) bond motifs is 2. The number of benzene rings is 4. The fourth-order valence-corrected chi connectivity index (χ4v) is 12.6. The molecule has 2 atom stereocenters. The van der Waals surface area contributed by atoms with Crippen LogP contribution >= 0.6 is 0 Å². The standard InChI is InChI=1S/C44H52Si/c1-9-29(5)33-19-23-35(24-20-33)39-17-13-15-37-27-31(11-3)43(41(37)39)45(7,8)44-32(12-4)28-38-16-14-18-40(42(38)44)36-25-21-34(22-26-36)30(6)10-2/h13-26,29-30H,9-12,27-28H2,1-8H3. The first-order chi connectivity index (χ1) is 21.7. The Hall–Kier alpha value is -3.42. The lowest BCUT2D eigenvalue weighted by Gasteiger charge is -2.33. The molecule has 45 heavy (non-hydrogen) atoms. The van der Waals surface area contributed by atoms with Gasteiger partial charge >= 0.3 is 0 Å². The molecule has 0 bridgehead atoms. The largest absolute Gasteiger partial charge is 0.113 e. The van der Waals surface area contributed by atoms with Crippen LogP contribution in [-0.4, -0.2) is 8.07 Å². The van der Waals surface area contributed by atoms with Crippen molar-refractivity contribution in [3.05, 3.63) is 129 Å². The van der Waals surface area contributed by atoms with Gasteiger partial charge in [-0.15, -0.1) is 0 Å². The van der Waals surface area contributed by atoms with Gasteiger partial charge < -0.3 is 0 Å². The summed E-state index contributed by atoms with van der Waals surface area (Å²) in [4.78, 5) is 0. The van der Waals surface area contributed by atoms with Crippen molar-refractivity contribution in [3.8, 4) is 22.3 Å². The summed E-state index contributed by atoms with van der Waals surface area (Å²) < 4.78 is 0. The van der Waals surface area contributed by atoms with Crippen LogP contribution in [0.2, 0.25) is 13.1 Å². The summed E-state index contributed by atoms with van der Waals surface area (Å²) in [5.41, 5.74) is 17.9. The summed E-state index contributed by atoms with van der Waals surface area (Å²) in [6, 6.07) is 33.2. The van der Waals surface area contributed by atoms with Crippen LogP contribution in [0.4, 0.5) is 0 Å². The topological polar surface area (TPSA) is 0 Å². The van der Waals surface area contributed by atoms with Gasteiger partial charge in [0.05, 0.1) is 0 Å². The van der Waals surface area contributed by atoms with E-state index < -0.39 is 8.07 Å². The molecular weight excluding hydrogens is 557 g/mol. The van der Waals surface area contributed by atoms with Crippen molar-refractivity contribution in [2.45, 2.75) is 105 Å². The van der Waals surface area contributed by atoms with Gasteiger partial charge in [0, 0.05) is 0 Å². The number of allylic oxidation sites excluding steroid dienone is 2. The summed E-state index contributed by atoms with van der Waals surface area (Å²) >= 11 is 0. The maximum Gasteiger partial charge on any atom is 0.113 e. The van der Waals surface area contributed by atoms with Gasteiger partial charge in [-0.2, -0.15) is 0 Å². The Balaban J connectivity index is 1.50. The molecule has 0 saturated carbocycles. The van der Waals surface area contributed by atoms with E-state index in [9.17, 15) is 0 Å². The van der Waals surface area contributed by atoms with Gasteiger partial charge in [0.15, 0.2) is 0 Å². The molecule has 1 heteroatoms. The second-order valence-electron chi connectivity index (χ2n) is 14.2. The highest BCUT2D eigenvalue weighted by Gasteiger charge is 2.43. The molecule has 0 spiro atoms. The Morgan fingerprint density at radius 1 is 0.533 bits per heavy atom. The summed E-state index contributed by atoms with van der Waals surface area (Å²) in [7, 11) is -2.15. The molecule has 2 aliphatic rings. The lowest BCUT2D eigenvalue weighted by molar-refractivity contribution is 0.734. The average molecular weight is 609 g/mol. The molecule has 0 nitrogen and oxygen atoms in total. The summed E-state index contributed by atoms with van der Waals surface area (Å²) in [5.74, 6) is 1.19. The molecule has 0 fully saturated rings. The minimum atomic E-state index is -2.15. The molecule has 0 aliphatic heterocycles. The maximum absolute atomic E-state index is 2.67. The summed E-state index contributed by atoms with van der Waals surface area (Å²) in [6.45, 7) is 19.3. The van der Waals surface area contributed by atoms with Gasteiger partial charge in [0.2, 0.25) is 0 Å². The third kappa shape index (κ3) is 5.52. The fourth-order valence-electron chi connectivity index (χ4n) is 8.25. The monoisotopic (exact) mass is 608 g/mol. The Kier molecular flexibility index (Phi) is 8.95. The lowest BCUT2D eigenvalue weighted by Crippen LogP contribution is -2.32. The Morgan fingerprint density at radius 2 is 0.911 bits per heavy atom. The van der Waals surface area contributed by atoms with E-state index in [1.54, 1.807) is 32.7 Å². The van der Waals surface area contributed by atoms with E-state index in [2.05, 4.69) is 140 Å². The van der Waals surface area contributed by atoms with E-state index in [1.807, 2.05) is 0 Å². The van der Waals surface area contributed by atoms with Crippen LogP contribution < -0.4 is 0 Å². The predicted molar refractivity (Wildman–Crippen MR) is 200 cm³/mol. The van der Waals surface area contributed by atoms with Gasteiger partial charge in [-0.1, -0.05) is 151 Å². The summed E-state index contributed by atoms with van der Waals surface area (Å²) in [5, 5.41) is 3.41. The quantitative estimate of drug-likeness (QED) is 0.157. The van der Waals surface area contributed by atoms with Crippen molar-refractivity contribution in [2.75, 3.05) is 0 Å². The lowest BCUT2D eigenvalue weighted by atomic mass is 9.93. The zero-order chi connectivity index (χ0) is 31.9. The highest BCUT2D eigenvalue weighted by Crippen LogP contribution is 2.53. The third-order valence-corrected chi connectivity index (χ3v) is 14.9. The molecule has 0 aromatic heterocycles. The van der Waals surface area contributed by atoms with E-state index in [0.717, 1.165) is 25.7 Å². The van der Waals surface area contributed by atoms with Crippen LogP contribution in [-0.2, 0) is 12.8 Å². The number of rotatable bonds is 10. The molecule has 0 saturated heterocycles. The number of hydrogen-bond acceptors (Lipinski definition) is 0. The molecule has 0 radical (unpaired) electrons. The minimum Gasteiger partial charge on any atom is -0.0658 e. The molecule has 2 aliphatic carbocycles. The molecule has 0 heterocycles. The average Bonchev–Trinajstić information content (AvgIpc) is 3.67. The van der Waals surface area contributed by atoms with Gasteiger partial charge in [-0.3, -0.25) is 0 Å². The highest BCUT2D eigenvalue weighted by molar-refractivity contribution is 7.09. The van der Waals surface area contributed by atoms with Crippen molar-refractivity contribution in [2.24, 2.45) is 0 Å². The first-order valence-corrected chi connectivity index (χ1v) is 20.6. The first-order valence-electron chi connectivity index (χ1n) is 17.6. The fraction of sp³-hybridized carbons (Fsp3) is 0.364. The molecule has 0 amide bonds. The van der Waals surface area contributed by atoms with Gasteiger partial charge in [0.25, 0.3) is 0 Å². The highest BCUT2D eigenvalue weighted by atomic mass is 28.3. The van der Waals surface area contributed by atoms with Crippen LogP contribution in [0, 0.1) is 0 Å². The molecule has 4 aromatic carbocycles. The molecular formula is C44H52Si. The van der Waals surface area contributed by atoms with E-state index in [1.165, 1.54) is 57.3 Å². The van der Waals surface area contributed by atoms with Crippen molar-refractivity contribution >= 4 is 18.5 Å². The smallest absolute Gasteiger partial charge is 0.0658 e. The van der Waals surface area contributed by atoms with Crippen LogP contribution in [0.15, 0.2) is 96.1 Å². The second kappa shape index (κ2) is 12.8. The van der Waals surface area contributed by atoms with Crippen LogP contribution in [0.3, 0.4) is 0 Å². The SMILES string of the molecule is CCC1=C([Si](C)(C)C2=C(CC)Cc3cccc(-c4ccc(C(C)CC)cc4)c32)c2c(cccc2-c2ccc(C(C)CC)cc2)C1. The number of hydrogen-bond donors (Lipinski definition) is 0. The van der Waals surface area contributed by atoms with E-state index >= 15 is 0 Å². The van der Waals surface area contributed by atoms with Crippen molar-refractivity contribution in [1.29, 1.82) is 0 Å². The zero-order valence-electron chi connectivity index (χ0n) is 29.0. The Bertz CT molecular complexity index is 1630. The molecule has 232 valence electrons. The molecule has 6 rings (SSSR count). The van der Waals surface area contributed by atoms with Crippen molar-refractivity contribution in [3.63, 3.8) is 0 Å². The van der Waals surface area contributed by atoms with Crippen LogP contribution in [0.1, 0.15) is 112 Å². The molecule has 4 aromatic rings. The van der Waals surface area contributed by atoms with Crippen molar-refractivity contribution in [1.82, 2.24) is 0 Å². The van der Waals surface area contributed by atoms with E-state index in [0.29, 0.717) is 11.8 Å². The van der Waals surface area contributed by atoms with Crippen LogP contribution in [0.25, 0.3) is 32.6 Å². The Labute approximate surface area is 274 Å². The van der Waals surface area contributed by atoms with Gasteiger partial charge in [-0.25, -0.2) is 0 Å². The predicted octanol–water partition coefficient (Wildman–Crippen LogP) is 13.0. The molecule has 0 N–H and O–H groups in total. The van der Waals surface area contributed by atoms with E-state index in [4.69, 9.17) is 0 Å².